The average molecular weight is 295 g/mol. The Hall–Kier alpha value is -2.89. The van der Waals surface area contributed by atoms with Crippen LogP contribution in [0.25, 0.3) is 11.0 Å². The average Bonchev–Trinajstić information content (AvgIpc) is 2.87. The predicted molar refractivity (Wildman–Crippen MR) is 86.6 cm³/mol. The number of hydrogen-bond donors (Lipinski definition) is 2. The molecule has 1 aromatic carbocycles. The van der Waals surface area contributed by atoms with Gasteiger partial charge in [-0.3, -0.25) is 4.79 Å². The van der Waals surface area contributed by atoms with Gasteiger partial charge in [-0.2, -0.15) is 0 Å². The molecule has 0 unspecified atom stereocenters. The molecule has 22 heavy (non-hydrogen) atoms. The first kappa shape index (κ1) is 14.1. The molecule has 0 fully saturated rings. The summed E-state index contributed by atoms with van der Waals surface area (Å²) in [6, 6.07) is 7.03. The van der Waals surface area contributed by atoms with Crippen molar-refractivity contribution in [2.75, 3.05) is 11.5 Å². The van der Waals surface area contributed by atoms with Crippen molar-refractivity contribution in [3.05, 3.63) is 47.9 Å². The lowest BCUT2D eigenvalue weighted by Gasteiger charge is -2.07. The lowest BCUT2D eigenvalue weighted by molar-refractivity contribution is 0.104. The number of hydrogen-bond acceptors (Lipinski definition) is 5. The maximum atomic E-state index is 12.8. The molecule has 6 heteroatoms. The van der Waals surface area contributed by atoms with Crippen LogP contribution in [0.1, 0.15) is 35.8 Å². The minimum absolute atomic E-state index is 0.141. The number of nitrogens with two attached hydrogens (primary N) is 2. The Kier molecular flexibility index (Phi) is 3.29. The highest BCUT2D eigenvalue weighted by molar-refractivity contribution is 6.18. The van der Waals surface area contributed by atoms with Crippen LogP contribution in [-0.4, -0.2) is 20.3 Å². The Balaban J connectivity index is 2.25. The fourth-order valence-electron chi connectivity index (χ4n) is 2.51. The molecule has 6 nitrogen and oxygen atoms in total. The molecule has 0 saturated heterocycles. The van der Waals surface area contributed by atoms with Crippen LogP contribution >= 0.6 is 0 Å². The van der Waals surface area contributed by atoms with Crippen molar-refractivity contribution in [3.8, 4) is 0 Å². The second-order valence-corrected chi connectivity index (χ2v) is 5.46. The molecule has 0 saturated carbocycles. The fraction of sp³-hybridized carbons (Fsp3) is 0.188. The van der Waals surface area contributed by atoms with E-state index >= 15 is 0 Å². The molecule has 0 bridgehead atoms. The van der Waals surface area contributed by atoms with Crippen molar-refractivity contribution in [2.45, 2.75) is 19.9 Å². The molecule has 4 N–H and O–H groups in total. The second kappa shape index (κ2) is 5.14. The van der Waals surface area contributed by atoms with Crippen LogP contribution in [0.15, 0.2) is 36.8 Å². The summed E-state index contributed by atoms with van der Waals surface area (Å²) in [6.45, 7) is 4.04. The maximum Gasteiger partial charge on any atom is 0.195 e. The Labute approximate surface area is 127 Å². The minimum Gasteiger partial charge on any atom is -0.399 e. The smallest absolute Gasteiger partial charge is 0.195 e. The van der Waals surface area contributed by atoms with Gasteiger partial charge in [-0.25, -0.2) is 9.97 Å². The topological polar surface area (TPSA) is 99.8 Å². The molecule has 0 aliphatic carbocycles. The molecule has 112 valence electrons. The molecule has 2 heterocycles. The van der Waals surface area contributed by atoms with E-state index in [9.17, 15) is 4.79 Å². The molecule has 3 rings (SSSR count). The lowest BCUT2D eigenvalue weighted by Crippen LogP contribution is -2.03. The van der Waals surface area contributed by atoms with Gasteiger partial charge in [0.05, 0.1) is 10.9 Å². The highest BCUT2D eigenvalue weighted by Crippen LogP contribution is 2.28. The van der Waals surface area contributed by atoms with E-state index in [-0.39, 0.29) is 11.8 Å². The van der Waals surface area contributed by atoms with Crippen LogP contribution in [0.5, 0.6) is 0 Å². The molecule has 0 aliphatic heterocycles. The maximum absolute atomic E-state index is 12.8. The summed E-state index contributed by atoms with van der Waals surface area (Å²) in [7, 11) is 0. The summed E-state index contributed by atoms with van der Waals surface area (Å²) in [5.41, 5.74) is 14.0. The highest BCUT2D eigenvalue weighted by atomic mass is 16.1. The molecular formula is C16H17N5O. The zero-order valence-corrected chi connectivity index (χ0v) is 12.4. The Morgan fingerprint density at radius 2 is 2.00 bits per heavy atom. The quantitative estimate of drug-likeness (QED) is 0.571. The van der Waals surface area contributed by atoms with E-state index in [1.165, 1.54) is 6.33 Å². The van der Waals surface area contributed by atoms with Gasteiger partial charge in [-0.05, 0) is 26.0 Å². The van der Waals surface area contributed by atoms with Crippen LogP contribution in [0.3, 0.4) is 0 Å². The number of ketones is 1. The number of rotatable bonds is 3. The number of nitrogens with zero attached hydrogens (tertiary/aromatic N) is 3. The number of anilines is 2. The van der Waals surface area contributed by atoms with Crippen molar-refractivity contribution in [1.82, 2.24) is 14.5 Å². The number of fused-ring (bicyclic) bond motifs is 1. The summed E-state index contributed by atoms with van der Waals surface area (Å²) in [4.78, 5) is 21.1. The van der Waals surface area contributed by atoms with Crippen LogP contribution in [0.4, 0.5) is 11.5 Å². The van der Waals surface area contributed by atoms with Crippen molar-refractivity contribution in [2.24, 2.45) is 0 Å². The molecule has 0 aliphatic rings. The number of nitrogen functional groups attached to an aromatic ring is 2. The van der Waals surface area contributed by atoms with Gasteiger partial charge in [0.1, 0.15) is 17.8 Å². The SMILES string of the molecule is CC(C)n1cc(C(=O)c2cccc(N)c2)c2c(N)ncnc21. The third-order valence-electron chi connectivity index (χ3n) is 3.59. The van der Waals surface area contributed by atoms with E-state index < -0.39 is 0 Å². The van der Waals surface area contributed by atoms with E-state index in [0.717, 1.165) is 0 Å². The van der Waals surface area contributed by atoms with E-state index in [4.69, 9.17) is 11.5 Å². The van der Waals surface area contributed by atoms with Crippen molar-refractivity contribution in [1.29, 1.82) is 0 Å². The molecular weight excluding hydrogens is 278 g/mol. The molecule has 0 atom stereocenters. The Bertz CT molecular complexity index is 866. The normalized spacial score (nSPS) is 11.2. The Morgan fingerprint density at radius 3 is 2.68 bits per heavy atom. The standard InChI is InChI=1S/C16H17N5O/c1-9(2)21-7-12(13-15(18)19-8-20-16(13)21)14(22)10-4-3-5-11(17)6-10/h3-9H,17H2,1-2H3,(H2,18,19,20). The van der Waals surface area contributed by atoms with Gasteiger partial charge in [-0.1, -0.05) is 12.1 Å². The largest absolute Gasteiger partial charge is 0.399 e. The monoisotopic (exact) mass is 295 g/mol. The first-order valence-electron chi connectivity index (χ1n) is 7.00. The van der Waals surface area contributed by atoms with E-state index in [1.54, 1.807) is 30.5 Å². The zero-order valence-electron chi connectivity index (χ0n) is 12.4. The van der Waals surface area contributed by atoms with Crippen LogP contribution < -0.4 is 11.5 Å². The summed E-state index contributed by atoms with van der Waals surface area (Å²) < 4.78 is 1.92. The van der Waals surface area contributed by atoms with Crippen molar-refractivity contribution < 1.29 is 4.79 Å². The van der Waals surface area contributed by atoms with Gasteiger partial charge in [-0.15, -0.1) is 0 Å². The van der Waals surface area contributed by atoms with E-state index in [2.05, 4.69) is 9.97 Å². The number of carbonyl (C=O) groups is 1. The highest BCUT2D eigenvalue weighted by Gasteiger charge is 2.21. The molecule has 0 spiro atoms. The lowest BCUT2D eigenvalue weighted by atomic mass is 10.0. The Morgan fingerprint density at radius 1 is 1.23 bits per heavy atom. The van der Waals surface area contributed by atoms with Crippen LogP contribution in [0, 0.1) is 0 Å². The van der Waals surface area contributed by atoms with Gasteiger partial charge in [0.15, 0.2) is 5.78 Å². The third kappa shape index (κ3) is 2.18. The number of carbonyl (C=O) groups excluding carboxylic acids is 1. The first-order valence-corrected chi connectivity index (χ1v) is 7.00. The van der Waals surface area contributed by atoms with Gasteiger partial charge >= 0.3 is 0 Å². The number of benzene rings is 1. The van der Waals surface area contributed by atoms with Crippen molar-refractivity contribution >= 4 is 28.3 Å². The first-order chi connectivity index (χ1) is 10.5. The van der Waals surface area contributed by atoms with Crippen LogP contribution in [0.2, 0.25) is 0 Å². The molecule has 3 aromatic rings. The van der Waals surface area contributed by atoms with Gasteiger partial charge in [0.2, 0.25) is 0 Å². The number of aromatic nitrogens is 3. The van der Waals surface area contributed by atoms with Crippen molar-refractivity contribution in [3.63, 3.8) is 0 Å². The third-order valence-corrected chi connectivity index (χ3v) is 3.59. The van der Waals surface area contributed by atoms with E-state index in [0.29, 0.717) is 33.7 Å². The minimum atomic E-state index is -0.141. The second-order valence-electron chi connectivity index (χ2n) is 5.46. The van der Waals surface area contributed by atoms with Gasteiger partial charge < -0.3 is 16.0 Å². The predicted octanol–water partition coefficient (Wildman–Crippen LogP) is 2.41. The van der Waals surface area contributed by atoms with Crippen LogP contribution in [-0.2, 0) is 0 Å². The van der Waals surface area contributed by atoms with Gasteiger partial charge in [0, 0.05) is 23.5 Å². The summed E-state index contributed by atoms with van der Waals surface area (Å²) in [5, 5.41) is 0.587. The van der Waals surface area contributed by atoms with Gasteiger partial charge in [0.25, 0.3) is 0 Å². The summed E-state index contributed by atoms with van der Waals surface area (Å²) >= 11 is 0. The fourth-order valence-corrected chi connectivity index (χ4v) is 2.51. The molecule has 0 amide bonds. The van der Waals surface area contributed by atoms with E-state index in [1.807, 2.05) is 18.4 Å². The summed E-state index contributed by atoms with van der Waals surface area (Å²) in [6.07, 6.45) is 3.19. The molecule has 0 radical (unpaired) electrons. The summed E-state index contributed by atoms with van der Waals surface area (Å²) in [5.74, 6) is 0.162. The zero-order chi connectivity index (χ0) is 15.9. The molecule has 2 aromatic heterocycles.